The van der Waals surface area contributed by atoms with Gasteiger partial charge in [0.15, 0.2) is 0 Å². The van der Waals surface area contributed by atoms with Gasteiger partial charge in [0.1, 0.15) is 17.9 Å². The SMILES string of the molecule is N#Cc1cc(Cl)ccc1OC1CCOCC1. The van der Waals surface area contributed by atoms with E-state index in [9.17, 15) is 0 Å². The van der Waals surface area contributed by atoms with E-state index in [4.69, 9.17) is 26.3 Å². The first kappa shape index (κ1) is 11.3. The van der Waals surface area contributed by atoms with Crippen LogP contribution in [0, 0.1) is 11.3 Å². The Morgan fingerprint density at radius 3 is 2.81 bits per heavy atom. The summed E-state index contributed by atoms with van der Waals surface area (Å²) in [5.74, 6) is 0.610. The van der Waals surface area contributed by atoms with Gasteiger partial charge < -0.3 is 9.47 Å². The van der Waals surface area contributed by atoms with Gasteiger partial charge in [0.05, 0.1) is 18.8 Å². The molecule has 16 heavy (non-hydrogen) atoms. The van der Waals surface area contributed by atoms with Crippen molar-refractivity contribution in [1.82, 2.24) is 0 Å². The molecule has 1 aromatic carbocycles. The van der Waals surface area contributed by atoms with Gasteiger partial charge >= 0.3 is 0 Å². The Morgan fingerprint density at radius 2 is 2.12 bits per heavy atom. The third kappa shape index (κ3) is 2.66. The number of nitriles is 1. The number of ether oxygens (including phenoxy) is 2. The molecule has 0 unspecified atom stereocenters. The smallest absolute Gasteiger partial charge is 0.137 e. The molecule has 0 radical (unpaired) electrons. The van der Waals surface area contributed by atoms with E-state index in [0.29, 0.717) is 16.3 Å². The molecule has 3 nitrogen and oxygen atoms in total. The van der Waals surface area contributed by atoms with Crippen LogP contribution in [-0.4, -0.2) is 19.3 Å². The summed E-state index contributed by atoms with van der Waals surface area (Å²) >= 11 is 5.81. The normalized spacial score (nSPS) is 16.8. The second-order valence-electron chi connectivity index (χ2n) is 3.68. The number of rotatable bonds is 2. The van der Waals surface area contributed by atoms with Gasteiger partial charge in [-0.2, -0.15) is 5.26 Å². The second-order valence-corrected chi connectivity index (χ2v) is 4.12. The fraction of sp³-hybridized carbons (Fsp3) is 0.417. The zero-order valence-corrected chi connectivity index (χ0v) is 9.54. The highest BCUT2D eigenvalue weighted by Crippen LogP contribution is 2.25. The van der Waals surface area contributed by atoms with Crippen LogP contribution in [0.1, 0.15) is 18.4 Å². The van der Waals surface area contributed by atoms with E-state index in [0.717, 1.165) is 26.1 Å². The van der Waals surface area contributed by atoms with E-state index < -0.39 is 0 Å². The van der Waals surface area contributed by atoms with Gasteiger partial charge in [0, 0.05) is 17.9 Å². The molecule has 0 atom stereocenters. The summed E-state index contributed by atoms with van der Waals surface area (Å²) in [6, 6.07) is 7.19. The summed E-state index contributed by atoms with van der Waals surface area (Å²) < 4.78 is 11.0. The highest BCUT2D eigenvalue weighted by Gasteiger charge is 2.16. The quantitative estimate of drug-likeness (QED) is 0.794. The largest absolute Gasteiger partial charge is 0.489 e. The molecule has 0 amide bonds. The highest BCUT2D eigenvalue weighted by atomic mass is 35.5. The van der Waals surface area contributed by atoms with E-state index in [1.165, 1.54) is 0 Å². The zero-order valence-electron chi connectivity index (χ0n) is 8.78. The minimum Gasteiger partial charge on any atom is -0.489 e. The standard InChI is InChI=1S/C12H12ClNO2/c13-10-1-2-12(9(7-10)8-14)16-11-3-5-15-6-4-11/h1-2,7,11H,3-6H2. The number of benzene rings is 1. The lowest BCUT2D eigenvalue weighted by atomic mass is 10.1. The third-order valence-electron chi connectivity index (χ3n) is 2.52. The summed E-state index contributed by atoms with van der Waals surface area (Å²) in [7, 11) is 0. The molecular formula is C12H12ClNO2. The summed E-state index contributed by atoms with van der Waals surface area (Å²) in [6.07, 6.45) is 1.88. The summed E-state index contributed by atoms with van der Waals surface area (Å²) in [5.41, 5.74) is 0.485. The van der Waals surface area contributed by atoms with Crippen LogP contribution in [0.3, 0.4) is 0 Å². The van der Waals surface area contributed by atoms with Crippen molar-refractivity contribution >= 4 is 11.6 Å². The Labute approximate surface area is 99.5 Å². The average molecular weight is 238 g/mol. The summed E-state index contributed by atoms with van der Waals surface area (Å²) in [5, 5.41) is 9.51. The van der Waals surface area contributed by atoms with Gasteiger partial charge in [-0.1, -0.05) is 11.6 Å². The van der Waals surface area contributed by atoms with Crippen LogP contribution in [-0.2, 0) is 4.74 Å². The fourth-order valence-corrected chi connectivity index (χ4v) is 1.84. The van der Waals surface area contributed by atoms with Crippen LogP contribution >= 0.6 is 11.6 Å². The summed E-state index contributed by atoms with van der Waals surface area (Å²) in [6.45, 7) is 1.44. The first-order valence-corrected chi connectivity index (χ1v) is 5.61. The Hall–Kier alpha value is -1.24. The minimum absolute atomic E-state index is 0.141. The number of hydrogen-bond donors (Lipinski definition) is 0. The lowest BCUT2D eigenvalue weighted by Crippen LogP contribution is -2.26. The molecule has 0 spiro atoms. The predicted molar refractivity (Wildman–Crippen MR) is 60.6 cm³/mol. The Morgan fingerprint density at radius 1 is 1.38 bits per heavy atom. The number of halogens is 1. The Kier molecular flexibility index (Phi) is 3.66. The molecule has 1 heterocycles. The van der Waals surface area contributed by atoms with Gasteiger partial charge in [0.25, 0.3) is 0 Å². The molecule has 0 bridgehead atoms. The van der Waals surface area contributed by atoms with Crippen molar-refractivity contribution in [3.8, 4) is 11.8 Å². The van der Waals surface area contributed by atoms with E-state index in [1.54, 1.807) is 18.2 Å². The molecular weight excluding hydrogens is 226 g/mol. The maximum absolute atomic E-state index is 8.96. The second kappa shape index (κ2) is 5.20. The number of nitrogens with zero attached hydrogens (tertiary/aromatic N) is 1. The van der Waals surface area contributed by atoms with Crippen LogP contribution < -0.4 is 4.74 Å². The molecule has 1 saturated heterocycles. The first-order chi connectivity index (χ1) is 7.79. The van der Waals surface area contributed by atoms with Crippen LogP contribution in [0.15, 0.2) is 18.2 Å². The molecule has 0 aliphatic carbocycles. The van der Waals surface area contributed by atoms with Crippen molar-refractivity contribution in [2.24, 2.45) is 0 Å². The zero-order chi connectivity index (χ0) is 11.4. The molecule has 84 valence electrons. The molecule has 1 aromatic rings. The van der Waals surface area contributed by atoms with Crippen molar-refractivity contribution in [1.29, 1.82) is 5.26 Å². The minimum atomic E-state index is 0.141. The third-order valence-corrected chi connectivity index (χ3v) is 2.76. The lowest BCUT2D eigenvalue weighted by molar-refractivity contribution is 0.0254. The molecule has 0 aromatic heterocycles. The van der Waals surface area contributed by atoms with Gasteiger partial charge in [-0.05, 0) is 18.2 Å². The molecule has 2 rings (SSSR count). The van der Waals surface area contributed by atoms with Crippen LogP contribution in [0.4, 0.5) is 0 Å². The van der Waals surface area contributed by atoms with Gasteiger partial charge in [-0.25, -0.2) is 0 Å². The Balaban J connectivity index is 2.11. The summed E-state index contributed by atoms with van der Waals surface area (Å²) in [4.78, 5) is 0. The van der Waals surface area contributed by atoms with Gasteiger partial charge in [0.2, 0.25) is 0 Å². The number of hydrogen-bond acceptors (Lipinski definition) is 3. The molecule has 4 heteroatoms. The van der Waals surface area contributed by atoms with E-state index in [2.05, 4.69) is 6.07 Å². The van der Waals surface area contributed by atoms with Crippen molar-refractivity contribution in [3.05, 3.63) is 28.8 Å². The van der Waals surface area contributed by atoms with Crippen LogP contribution in [0.5, 0.6) is 5.75 Å². The Bertz CT molecular complexity index is 408. The predicted octanol–water partition coefficient (Wildman–Crippen LogP) is 2.77. The molecule has 0 saturated carbocycles. The molecule has 1 fully saturated rings. The first-order valence-electron chi connectivity index (χ1n) is 5.23. The molecule has 1 aliphatic rings. The van der Waals surface area contributed by atoms with Crippen LogP contribution in [0.25, 0.3) is 0 Å². The van der Waals surface area contributed by atoms with Crippen molar-refractivity contribution < 1.29 is 9.47 Å². The lowest BCUT2D eigenvalue weighted by Gasteiger charge is -2.23. The maximum atomic E-state index is 8.96. The van der Waals surface area contributed by atoms with E-state index in [1.807, 2.05) is 0 Å². The molecule has 1 aliphatic heterocycles. The van der Waals surface area contributed by atoms with Crippen LogP contribution in [0.2, 0.25) is 5.02 Å². The average Bonchev–Trinajstić information content (AvgIpc) is 2.33. The van der Waals surface area contributed by atoms with Gasteiger partial charge in [-0.15, -0.1) is 0 Å². The van der Waals surface area contributed by atoms with Crippen molar-refractivity contribution in [3.63, 3.8) is 0 Å². The topological polar surface area (TPSA) is 42.2 Å². The monoisotopic (exact) mass is 237 g/mol. The van der Waals surface area contributed by atoms with E-state index in [-0.39, 0.29) is 6.10 Å². The highest BCUT2D eigenvalue weighted by molar-refractivity contribution is 6.30. The molecule has 0 N–H and O–H groups in total. The maximum Gasteiger partial charge on any atom is 0.137 e. The van der Waals surface area contributed by atoms with Gasteiger partial charge in [-0.3, -0.25) is 0 Å². The van der Waals surface area contributed by atoms with Crippen molar-refractivity contribution in [2.75, 3.05) is 13.2 Å². The van der Waals surface area contributed by atoms with E-state index >= 15 is 0 Å². The van der Waals surface area contributed by atoms with Crippen molar-refractivity contribution in [2.45, 2.75) is 18.9 Å². The fourth-order valence-electron chi connectivity index (χ4n) is 1.67.